The van der Waals surface area contributed by atoms with E-state index in [-0.39, 0.29) is 5.82 Å². The first-order chi connectivity index (χ1) is 7.31. The molecule has 0 aliphatic rings. The number of nitrogens with one attached hydrogen (secondary N) is 1. The maximum absolute atomic E-state index is 13.0. The first-order valence-corrected chi connectivity index (χ1v) is 5.17. The van der Waals surface area contributed by atoms with Crippen LogP contribution in [0.2, 0.25) is 0 Å². The lowest BCUT2D eigenvalue weighted by molar-refractivity contribution is 0.599. The number of furan rings is 1. The van der Waals surface area contributed by atoms with Gasteiger partial charge in [-0.05, 0) is 31.2 Å². The molecular formula is C12H14FNO. The second-order valence-corrected chi connectivity index (χ2v) is 3.58. The minimum atomic E-state index is -0.222. The third-order valence-corrected chi connectivity index (χ3v) is 2.36. The van der Waals surface area contributed by atoms with Gasteiger partial charge in [-0.2, -0.15) is 0 Å². The molecule has 2 rings (SSSR count). The second kappa shape index (κ2) is 4.45. The third-order valence-electron chi connectivity index (χ3n) is 2.36. The van der Waals surface area contributed by atoms with Crippen molar-refractivity contribution < 1.29 is 8.81 Å². The van der Waals surface area contributed by atoms with Crippen LogP contribution in [0, 0.1) is 5.82 Å². The fourth-order valence-corrected chi connectivity index (χ4v) is 1.59. The summed E-state index contributed by atoms with van der Waals surface area (Å²) in [5, 5.41) is 4.13. The Labute approximate surface area is 88.1 Å². The van der Waals surface area contributed by atoms with Crippen molar-refractivity contribution in [1.82, 2.24) is 5.32 Å². The molecule has 0 saturated carbocycles. The van der Waals surface area contributed by atoms with Crippen LogP contribution in [0.25, 0.3) is 11.0 Å². The highest BCUT2D eigenvalue weighted by Crippen LogP contribution is 2.21. The lowest BCUT2D eigenvalue weighted by Gasteiger charge is -2.00. The van der Waals surface area contributed by atoms with Gasteiger partial charge in [0.15, 0.2) is 0 Å². The summed E-state index contributed by atoms with van der Waals surface area (Å²) in [4.78, 5) is 0. The molecule has 80 valence electrons. The Morgan fingerprint density at radius 2 is 2.27 bits per heavy atom. The van der Waals surface area contributed by atoms with Crippen molar-refractivity contribution >= 4 is 11.0 Å². The van der Waals surface area contributed by atoms with E-state index in [2.05, 4.69) is 12.2 Å². The average molecular weight is 207 g/mol. The topological polar surface area (TPSA) is 25.2 Å². The molecule has 0 unspecified atom stereocenters. The minimum absolute atomic E-state index is 0.222. The summed E-state index contributed by atoms with van der Waals surface area (Å²) in [6.07, 6.45) is 2.77. The predicted octanol–water partition coefficient (Wildman–Crippen LogP) is 3.07. The van der Waals surface area contributed by atoms with E-state index in [1.807, 2.05) is 0 Å². The van der Waals surface area contributed by atoms with Gasteiger partial charge in [0.25, 0.3) is 0 Å². The van der Waals surface area contributed by atoms with Crippen LogP contribution in [0.3, 0.4) is 0 Å². The molecule has 1 aromatic carbocycles. The maximum atomic E-state index is 13.0. The summed E-state index contributed by atoms with van der Waals surface area (Å²) in [6, 6.07) is 4.59. The summed E-state index contributed by atoms with van der Waals surface area (Å²) in [5.74, 6) is -0.222. The Kier molecular flexibility index (Phi) is 3.02. The highest BCUT2D eigenvalue weighted by molar-refractivity contribution is 5.80. The fraction of sp³-hybridized carbons (Fsp3) is 0.333. The van der Waals surface area contributed by atoms with Crippen molar-refractivity contribution in [2.75, 3.05) is 6.54 Å². The molecule has 1 N–H and O–H groups in total. The lowest BCUT2D eigenvalue weighted by atomic mass is 10.2. The number of halogens is 1. The van der Waals surface area contributed by atoms with E-state index in [1.165, 1.54) is 12.1 Å². The van der Waals surface area contributed by atoms with Gasteiger partial charge in [0, 0.05) is 17.5 Å². The first kappa shape index (κ1) is 10.2. The number of hydrogen-bond donors (Lipinski definition) is 1. The van der Waals surface area contributed by atoms with Crippen LogP contribution in [-0.2, 0) is 6.54 Å². The molecule has 0 atom stereocenters. The molecule has 0 fully saturated rings. The standard InChI is InChI=1S/C12H14FNO/c1-2-5-14-7-9-8-15-12-4-3-10(13)6-11(9)12/h3-4,6,8,14H,2,5,7H2,1H3. The largest absolute Gasteiger partial charge is 0.464 e. The molecular weight excluding hydrogens is 193 g/mol. The normalized spacial score (nSPS) is 11.1. The zero-order valence-electron chi connectivity index (χ0n) is 8.72. The molecule has 0 saturated heterocycles. The summed E-state index contributed by atoms with van der Waals surface area (Å²) >= 11 is 0. The smallest absolute Gasteiger partial charge is 0.134 e. The lowest BCUT2D eigenvalue weighted by Crippen LogP contribution is -2.13. The van der Waals surface area contributed by atoms with Crippen molar-refractivity contribution in [1.29, 1.82) is 0 Å². The van der Waals surface area contributed by atoms with Crippen molar-refractivity contribution in [3.63, 3.8) is 0 Å². The van der Waals surface area contributed by atoms with Crippen LogP contribution in [0.15, 0.2) is 28.9 Å². The Balaban J connectivity index is 2.23. The molecule has 1 aromatic heterocycles. The number of hydrogen-bond acceptors (Lipinski definition) is 2. The quantitative estimate of drug-likeness (QED) is 0.779. The highest BCUT2D eigenvalue weighted by Gasteiger charge is 2.05. The maximum Gasteiger partial charge on any atom is 0.134 e. The van der Waals surface area contributed by atoms with Gasteiger partial charge < -0.3 is 9.73 Å². The van der Waals surface area contributed by atoms with E-state index in [0.717, 1.165) is 36.0 Å². The van der Waals surface area contributed by atoms with Crippen LogP contribution in [-0.4, -0.2) is 6.54 Å². The zero-order chi connectivity index (χ0) is 10.7. The van der Waals surface area contributed by atoms with Gasteiger partial charge >= 0.3 is 0 Å². The van der Waals surface area contributed by atoms with E-state index in [4.69, 9.17) is 4.42 Å². The number of rotatable bonds is 4. The Morgan fingerprint density at radius 3 is 3.07 bits per heavy atom. The molecule has 2 aromatic rings. The monoisotopic (exact) mass is 207 g/mol. The van der Waals surface area contributed by atoms with Crippen LogP contribution < -0.4 is 5.32 Å². The zero-order valence-corrected chi connectivity index (χ0v) is 8.72. The van der Waals surface area contributed by atoms with Gasteiger partial charge in [0.05, 0.1) is 6.26 Å². The van der Waals surface area contributed by atoms with Gasteiger partial charge in [0.1, 0.15) is 11.4 Å². The van der Waals surface area contributed by atoms with Crippen LogP contribution in [0.1, 0.15) is 18.9 Å². The predicted molar refractivity (Wildman–Crippen MR) is 58.2 cm³/mol. The molecule has 0 radical (unpaired) electrons. The molecule has 3 heteroatoms. The molecule has 0 amide bonds. The van der Waals surface area contributed by atoms with Gasteiger partial charge in [0.2, 0.25) is 0 Å². The first-order valence-electron chi connectivity index (χ1n) is 5.17. The highest BCUT2D eigenvalue weighted by atomic mass is 19.1. The number of benzene rings is 1. The van der Waals surface area contributed by atoms with Crippen molar-refractivity contribution in [3.05, 3.63) is 35.8 Å². The van der Waals surface area contributed by atoms with Gasteiger partial charge in [-0.25, -0.2) is 4.39 Å². The van der Waals surface area contributed by atoms with Crippen molar-refractivity contribution in [2.45, 2.75) is 19.9 Å². The third kappa shape index (κ3) is 2.18. The van der Waals surface area contributed by atoms with Crippen molar-refractivity contribution in [3.8, 4) is 0 Å². The molecule has 2 nitrogen and oxygen atoms in total. The molecule has 0 spiro atoms. The van der Waals surface area contributed by atoms with Crippen molar-refractivity contribution in [2.24, 2.45) is 0 Å². The summed E-state index contributed by atoms with van der Waals surface area (Å²) < 4.78 is 18.3. The number of fused-ring (bicyclic) bond motifs is 1. The Bertz CT molecular complexity index is 450. The summed E-state index contributed by atoms with van der Waals surface area (Å²) in [6.45, 7) is 3.80. The molecule has 0 aliphatic heterocycles. The van der Waals surface area contributed by atoms with E-state index in [9.17, 15) is 4.39 Å². The van der Waals surface area contributed by atoms with E-state index >= 15 is 0 Å². The van der Waals surface area contributed by atoms with Crippen LogP contribution in [0.5, 0.6) is 0 Å². The molecule has 15 heavy (non-hydrogen) atoms. The molecule has 0 aliphatic carbocycles. The molecule has 1 heterocycles. The van der Waals surface area contributed by atoms with Crippen LogP contribution in [0.4, 0.5) is 4.39 Å². The SMILES string of the molecule is CCCNCc1coc2ccc(F)cc12. The van der Waals surface area contributed by atoms with E-state index in [0.29, 0.717) is 0 Å². The second-order valence-electron chi connectivity index (χ2n) is 3.58. The summed E-state index contributed by atoms with van der Waals surface area (Å²) in [7, 11) is 0. The van der Waals surface area contributed by atoms with Gasteiger partial charge in [-0.15, -0.1) is 0 Å². The van der Waals surface area contributed by atoms with E-state index in [1.54, 1.807) is 12.3 Å². The van der Waals surface area contributed by atoms with Gasteiger partial charge in [-0.1, -0.05) is 6.92 Å². The Hall–Kier alpha value is -1.35. The van der Waals surface area contributed by atoms with Gasteiger partial charge in [-0.3, -0.25) is 0 Å². The Morgan fingerprint density at radius 1 is 1.40 bits per heavy atom. The molecule has 0 bridgehead atoms. The van der Waals surface area contributed by atoms with E-state index < -0.39 is 0 Å². The van der Waals surface area contributed by atoms with Crippen LogP contribution >= 0.6 is 0 Å². The summed E-state index contributed by atoms with van der Waals surface area (Å²) in [5.41, 5.74) is 1.75. The minimum Gasteiger partial charge on any atom is -0.464 e. The fourth-order valence-electron chi connectivity index (χ4n) is 1.59. The average Bonchev–Trinajstić information content (AvgIpc) is 2.62.